The molecule has 0 aromatic heterocycles. The van der Waals surface area contributed by atoms with Crippen molar-refractivity contribution >= 4 is 33.4 Å². The molecule has 0 unspecified atom stereocenters. The molecule has 152 valence electrons. The lowest BCUT2D eigenvalue weighted by Crippen LogP contribution is -2.40. The number of nitro benzene ring substituents is 1. The van der Waals surface area contributed by atoms with E-state index in [1.165, 1.54) is 46.8 Å². The van der Waals surface area contributed by atoms with Crippen LogP contribution in [0.5, 0.6) is 0 Å². The molecule has 2 aromatic carbocycles. The third kappa shape index (κ3) is 5.25. The van der Waals surface area contributed by atoms with Crippen LogP contribution in [0.25, 0.3) is 6.08 Å². The molecule has 2 aromatic rings. The Bertz CT molecular complexity index is 1010. The zero-order valence-electron chi connectivity index (χ0n) is 15.4. The van der Waals surface area contributed by atoms with Crippen molar-refractivity contribution in [2.75, 3.05) is 31.6 Å². The van der Waals surface area contributed by atoms with Crippen molar-refractivity contribution < 1.29 is 22.9 Å². The summed E-state index contributed by atoms with van der Waals surface area (Å²) in [4.78, 5) is 22.3. The Labute approximate surface area is 167 Å². The predicted molar refractivity (Wildman–Crippen MR) is 107 cm³/mol. The number of nitro groups is 1. The van der Waals surface area contributed by atoms with E-state index in [4.69, 9.17) is 4.74 Å². The number of nitrogens with zero attached hydrogens (tertiary/aromatic N) is 2. The van der Waals surface area contributed by atoms with Gasteiger partial charge in [-0.1, -0.05) is 12.1 Å². The number of benzene rings is 2. The average Bonchev–Trinajstić information content (AvgIpc) is 2.73. The normalized spacial score (nSPS) is 15.3. The van der Waals surface area contributed by atoms with Crippen LogP contribution in [0.15, 0.2) is 59.5 Å². The van der Waals surface area contributed by atoms with E-state index in [1.807, 2.05) is 0 Å². The van der Waals surface area contributed by atoms with E-state index in [0.29, 0.717) is 37.6 Å². The molecular weight excluding hydrogens is 398 g/mol. The molecule has 1 heterocycles. The molecule has 10 heteroatoms. The van der Waals surface area contributed by atoms with E-state index >= 15 is 0 Å². The van der Waals surface area contributed by atoms with Gasteiger partial charge < -0.3 is 10.1 Å². The van der Waals surface area contributed by atoms with Crippen LogP contribution < -0.4 is 5.32 Å². The first-order chi connectivity index (χ1) is 13.9. The van der Waals surface area contributed by atoms with Crippen molar-refractivity contribution in [3.8, 4) is 0 Å². The fourth-order valence-corrected chi connectivity index (χ4v) is 4.12. The molecule has 9 nitrogen and oxygen atoms in total. The first-order valence-electron chi connectivity index (χ1n) is 8.78. The number of hydrogen-bond acceptors (Lipinski definition) is 6. The second kappa shape index (κ2) is 8.95. The number of morpholine rings is 1. The Morgan fingerprint density at radius 1 is 1.07 bits per heavy atom. The van der Waals surface area contributed by atoms with Crippen molar-refractivity contribution in [1.29, 1.82) is 0 Å². The molecule has 0 spiro atoms. The van der Waals surface area contributed by atoms with E-state index in [0.717, 1.165) is 0 Å². The zero-order chi connectivity index (χ0) is 20.9. The molecule has 1 saturated heterocycles. The number of amides is 1. The van der Waals surface area contributed by atoms with Gasteiger partial charge in [-0.05, 0) is 35.9 Å². The molecule has 0 bridgehead atoms. The average molecular weight is 417 g/mol. The Morgan fingerprint density at radius 3 is 2.28 bits per heavy atom. The van der Waals surface area contributed by atoms with E-state index in [1.54, 1.807) is 18.2 Å². The Balaban J connectivity index is 1.62. The van der Waals surface area contributed by atoms with Gasteiger partial charge in [-0.15, -0.1) is 0 Å². The first-order valence-corrected chi connectivity index (χ1v) is 10.2. The summed E-state index contributed by atoms with van der Waals surface area (Å²) in [5.41, 5.74) is 1.02. The smallest absolute Gasteiger partial charge is 0.269 e. The highest BCUT2D eigenvalue weighted by molar-refractivity contribution is 7.89. The van der Waals surface area contributed by atoms with Gasteiger partial charge in [0.25, 0.3) is 5.69 Å². The molecule has 0 radical (unpaired) electrons. The lowest BCUT2D eigenvalue weighted by molar-refractivity contribution is -0.384. The third-order valence-corrected chi connectivity index (χ3v) is 6.17. The van der Waals surface area contributed by atoms with E-state index in [2.05, 4.69) is 5.32 Å². The molecular formula is C19H19N3O6S. The van der Waals surface area contributed by atoms with Crippen LogP contribution in [-0.4, -0.2) is 49.9 Å². The van der Waals surface area contributed by atoms with Crippen molar-refractivity contribution in [3.05, 3.63) is 70.3 Å². The maximum atomic E-state index is 12.6. The standard InChI is InChI=1S/C19H19N3O6S/c23-19(20-16-4-6-17(7-5-16)22(24)25)10-3-15-1-8-18(9-2-15)29(26,27)21-11-13-28-14-12-21/h1-10H,11-14H2,(H,20,23)/b10-3+. The summed E-state index contributed by atoms with van der Waals surface area (Å²) in [6, 6.07) is 11.7. The number of anilines is 1. The topological polar surface area (TPSA) is 119 Å². The van der Waals surface area contributed by atoms with Crippen molar-refractivity contribution in [1.82, 2.24) is 4.31 Å². The molecule has 1 fully saturated rings. The fourth-order valence-electron chi connectivity index (χ4n) is 2.71. The fraction of sp³-hybridized carbons (Fsp3) is 0.211. The Morgan fingerprint density at radius 2 is 1.69 bits per heavy atom. The number of non-ortho nitro benzene ring substituents is 1. The SMILES string of the molecule is O=C(/C=C/c1ccc(S(=O)(=O)N2CCOCC2)cc1)Nc1ccc([N+](=O)[O-])cc1. The second-order valence-corrected chi connectivity index (χ2v) is 8.15. The second-order valence-electron chi connectivity index (χ2n) is 6.21. The zero-order valence-corrected chi connectivity index (χ0v) is 16.2. The van der Waals surface area contributed by atoms with Crippen LogP contribution in [-0.2, 0) is 19.6 Å². The molecule has 29 heavy (non-hydrogen) atoms. The highest BCUT2D eigenvalue weighted by Gasteiger charge is 2.25. The van der Waals surface area contributed by atoms with Crippen molar-refractivity contribution in [2.24, 2.45) is 0 Å². The van der Waals surface area contributed by atoms with Gasteiger partial charge in [-0.3, -0.25) is 14.9 Å². The molecule has 1 aliphatic heterocycles. The van der Waals surface area contributed by atoms with Crippen molar-refractivity contribution in [2.45, 2.75) is 4.90 Å². The van der Waals surface area contributed by atoms with Gasteiger partial charge in [0.2, 0.25) is 15.9 Å². The molecule has 1 aliphatic rings. The monoisotopic (exact) mass is 417 g/mol. The van der Waals surface area contributed by atoms with Gasteiger partial charge in [0.15, 0.2) is 0 Å². The summed E-state index contributed by atoms with van der Waals surface area (Å²) >= 11 is 0. The largest absolute Gasteiger partial charge is 0.379 e. The Hall–Kier alpha value is -3.08. The summed E-state index contributed by atoms with van der Waals surface area (Å²) in [6.07, 6.45) is 2.85. The van der Waals surface area contributed by atoms with E-state index in [-0.39, 0.29) is 10.6 Å². The molecule has 1 amide bonds. The number of ether oxygens (including phenoxy) is 1. The summed E-state index contributed by atoms with van der Waals surface area (Å²) in [7, 11) is -3.56. The van der Waals surface area contributed by atoms with Gasteiger partial charge in [-0.2, -0.15) is 4.31 Å². The van der Waals surface area contributed by atoms with Gasteiger partial charge in [-0.25, -0.2) is 8.42 Å². The molecule has 0 atom stereocenters. The van der Waals surface area contributed by atoms with Crippen molar-refractivity contribution in [3.63, 3.8) is 0 Å². The molecule has 1 N–H and O–H groups in total. The number of nitrogens with one attached hydrogen (secondary N) is 1. The summed E-state index contributed by atoms with van der Waals surface area (Å²) < 4.78 is 31.7. The number of sulfonamides is 1. The van der Waals surface area contributed by atoms with Crippen LogP contribution in [0.2, 0.25) is 0 Å². The van der Waals surface area contributed by atoms with Gasteiger partial charge in [0.1, 0.15) is 0 Å². The lowest BCUT2D eigenvalue weighted by atomic mass is 10.2. The minimum atomic E-state index is -3.56. The van der Waals surface area contributed by atoms with Crippen LogP contribution >= 0.6 is 0 Å². The Kier molecular flexibility index (Phi) is 6.37. The van der Waals surface area contributed by atoms with Crippen LogP contribution in [0, 0.1) is 10.1 Å². The van der Waals surface area contributed by atoms with Crippen LogP contribution in [0.1, 0.15) is 5.56 Å². The van der Waals surface area contributed by atoms with E-state index in [9.17, 15) is 23.3 Å². The maximum absolute atomic E-state index is 12.6. The lowest BCUT2D eigenvalue weighted by Gasteiger charge is -2.26. The molecule has 0 saturated carbocycles. The number of rotatable bonds is 6. The minimum absolute atomic E-state index is 0.0642. The molecule has 3 rings (SSSR count). The maximum Gasteiger partial charge on any atom is 0.269 e. The summed E-state index contributed by atoms with van der Waals surface area (Å²) in [5.74, 6) is -0.413. The number of carbonyl (C=O) groups excluding carboxylic acids is 1. The van der Waals surface area contributed by atoms with E-state index < -0.39 is 20.9 Å². The summed E-state index contributed by atoms with van der Waals surface area (Å²) in [6.45, 7) is 1.41. The number of carbonyl (C=O) groups is 1. The van der Waals surface area contributed by atoms with Crippen LogP contribution in [0.4, 0.5) is 11.4 Å². The highest BCUT2D eigenvalue weighted by Crippen LogP contribution is 2.18. The minimum Gasteiger partial charge on any atom is -0.379 e. The highest BCUT2D eigenvalue weighted by atomic mass is 32.2. The van der Waals surface area contributed by atoms with Gasteiger partial charge >= 0.3 is 0 Å². The number of hydrogen-bond donors (Lipinski definition) is 1. The quantitative estimate of drug-likeness (QED) is 0.437. The first kappa shape index (κ1) is 20.6. The summed E-state index contributed by atoms with van der Waals surface area (Å²) in [5, 5.41) is 13.2. The van der Waals surface area contributed by atoms with Crippen LogP contribution in [0.3, 0.4) is 0 Å². The predicted octanol–water partition coefficient (Wildman–Crippen LogP) is 2.27. The van der Waals surface area contributed by atoms with Gasteiger partial charge in [0, 0.05) is 37.0 Å². The van der Waals surface area contributed by atoms with Gasteiger partial charge in [0.05, 0.1) is 23.0 Å². The molecule has 0 aliphatic carbocycles. The third-order valence-electron chi connectivity index (χ3n) is 4.26.